The summed E-state index contributed by atoms with van der Waals surface area (Å²) in [4.78, 5) is 0. The van der Waals surface area contributed by atoms with Gasteiger partial charge in [-0.15, -0.1) is 0 Å². The van der Waals surface area contributed by atoms with E-state index in [0.717, 1.165) is 23.0 Å². The van der Waals surface area contributed by atoms with Crippen molar-refractivity contribution in [2.24, 2.45) is 11.3 Å². The van der Waals surface area contributed by atoms with E-state index < -0.39 is 0 Å². The molecule has 0 aromatic carbocycles. The minimum Gasteiger partial charge on any atom is -0.427 e. The number of hydrogen-bond donors (Lipinski definition) is 0. The Hall–Kier alpha value is 0.137. The molecule has 2 aliphatic rings. The third-order valence-corrected chi connectivity index (χ3v) is 5.67. The van der Waals surface area contributed by atoms with Gasteiger partial charge in [0.1, 0.15) is 10.5 Å². The minimum atomic E-state index is 0.459. The summed E-state index contributed by atoms with van der Waals surface area (Å²) in [7, 11) is 0.878. The van der Waals surface area contributed by atoms with E-state index in [0.29, 0.717) is 17.6 Å². The van der Waals surface area contributed by atoms with Crippen LogP contribution in [0.3, 0.4) is 0 Å². The molecule has 3 heteroatoms. The third-order valence-electron chi connectivity index (χ3n) is 5.38. The zero-order valence-electron chi connectivity index (χ0n) is 12.4. The summed E-state index contributed by atoms with van der Waals surface area (Å²) < 4.78 is 11.3. The van der Waals surface area contributed by atoms with Crippen molar-refractivity contribution in [3.05, 3.63) is 0 Å². The quantitative estimate of drug-likeness (QED) is 0.500. The SMILES string of the molecule is CCC(CC)(CCCC1CCCC2OC12)CO[SiH3]. The number of fused-ring (bicyclic) bond motifs is 1. The predicted molar refractivity (Wildman–Crippen MR) is 78.8 cm³/mol. The molecular weight excluding hydrogens is 240 g/mol. The van der Waals surface area contributed by atoms with Gasteiger partial charge in [-0.25, -0.2) is 0 Å². The van der Waals surface area contributed by atoms with Gasteiger partial charge in [0.2, 0.25) is 0 Å². The highest BCUT2D eigenvalue weighted by atomic mass is 28.2. The summed E-state index contributed by atoms with van der Waals surface area (Å²) in [6.07, 6.45) is 12.0. The van der Waals surface area contributed by atoms with Gasteiger partial charge in [0, 0.05) is 6.61 Å². The van der Waals surface area contributed by atoms with E-state index in [9.17, 15) is 0 Å². The van der Waals surface area contributed by atoms with Crippen molar-refractivity contribution in [2.75, 3.05) is 6.61 Å². The molecule has 1 aliphatic heterocycles. The summed E-state index contributed by atoms with van der Waals surface area (Å²) in [6.45, 7) is 5.63. The van der Waals surface area contributed by atoms with Gasteiger partial charge in [0.05, 0.1) is 12.2 Å². The van der Waals surface area contributed by atoms with Crippen LogP contribution in [-0.2, 0) is 9.16 Å². The number of rotatable bonds is 8. The van der Waals surface area contributed by atoms with E-state index in [1.165, 1.54) is 51.4 Å². The molecule has 1 saturated carbocycles. The van der Waals surface area contributed by atoms with E-state index in [1.54, 1.807) is 0 Å². The maximum Gasteiger partial charge on any atom is 0.145 e. The monoisotopic (exact) mass is 270 g/mol. The maximum absolute atomic E-state index is 5.75. The lowest BCUT2D eigenvalue weighted by atomic mass is 9.77. The van der Waals surface area contributed by atoms with E-state index in [-0.39, 0.29) is 0 Å². The molecule has 3 atom stereocenters. The second-order valence-electron chi connectivity index (χ2n) is 6.36. The van der Waals surface area contributed by atoms with Crippen LogP contribution in [0.1, 0.15) is 65.2 Å². The van der Waals surface area contributed by atoms with Crippen LogP contribution in [0.2, 0.25) is 0 Å². The normalized spacial score (nSPS) is 31.3. The first-order valence-corrected chi connectivity index (χ1v) is 8.70. The molecule has 1 aliphatic carbocycles. The molecule has 2 fully saturated rings. The minimum absolute atomic E-state index is 0.459. The molecule has 0 bridgehead atoms. The fourth-order valence-corrected chi connectivity index (χ4v) is 4.40. The Balaban J connectivity index is 1.72. The summed E-state index contributed by atoms with van der Waals surface area (Å²) in [5, 5.41) is 0. The van der Waals surface area contributed by atoms with Crippen molar-refractivity contribution in [3.63, 3.8) is 0 Å². The molecule has 0 N–H and O–H groups in total. The van der Waals surface area contributed by atoms with Gasteiger partial charge in [-0.2, -0.15) is 0 Å². The average molecular weight is 270 g/mol. The fourth-order valence-electron chi connectivity index (χ4n) is 3.78. The van der Waals surface area contributed by atoms with Crippen LogP contribution in [0.4, 0.5) is 0 Å². The Morgan fingerprint density at radius 2 is 2.06 bits per heavy atom. The molecule has 0 spiro atoms. The lowest BCUT2D eigenvalue weighted by molar-refractivity contribution is 0.123. The van der Waals surface area contributed by atoms with Crippen LogP contribution in [-0.4, -0.2) is 29.3 Å². The van der Waals surface area contributed by atoms with Gasteiger partial charge in [-0.05, 0) is 49.9 Å². The molecule has 0 aromatic rings. The topological polar surface area (TPSA) is 21.8 Å². The van der Waals surface area contributed by atoms with E-state index in [2.05, 4.69) is 13.8 Å². The Bertz CT molecular complexity index is 253. The zero-order valence-corrected chi connectivity index (χ0v) is 14.4. The molecule has 2 rings (SSSR count). The molecule has 0 radical (unpaired) electrons. The van der Waals surface area contributed by atoms with Gasteiger partial charge in [0.15, 0.2) is 0 Å². The molecule has 1 heterocycles. The van der Waals surface area contributed by atoms with Crippen molar-refractivity contribution < 1.29 is 9.16 Å². The van der Waals surface area contributed by atoms with E-state index in [4.69, 9.17) is 9.16 Å². The van der Waals surface area contributed by atoms with Gasteiger partial charge in [-0.3, -0.25) is 0 Å². The summed E-state index contributed by atoms with van der Waals surface area (Å²) in [5.41, 5.74) is 0.459. The molecule has 0 amide bonds. The van der Waals surface area contributed by atoms with E-state index >= 15 is 0 Å². The van der Waals surface area contributed by atoms with Crippen LogP contribution in [0.15, 0.2) is 0 Å². The molecule has 0 aromatic heterocycles. The first-order chi connectivity index (χ1) is 8.74. The Morgan fingerprint density at radius 3 is 2.72 bits per heavy atom. The van der Waals surface area contributed by atoms with Crippen molar-refractivity contribution in [2.45, 2.75) is 77.4 Å². The van der Waals surface area contributed by atoms with E-state index in [1.807, 2.05) is 0 Å². The Kier molecular flexibility index (Phi) is 5.28. The molecule has 2 nitrogen and oxygen atoms in total. The number of hydrogen-bond acceptors (Lipinski definition) is 2. The Labute approximate surface area is 115 Å². The second-order valence-corrected chi connectivity index (χ2v) is 6.94. The van der Waals surface area contributed by atoms with Crippen molar-refractivity contribution >= 4 is 10.5 Å². The zero-order chi connectivity index (χ0) is 13.0. The van der Waals surface area contributed by atoms with Gasteiger partial charge >= 0.3 is 0 Å². The fraction of sp³-hybridized carbons (Fsp3) is 1.00. The Morgan fingerprint density at radius 1 is 1.28 bits per heavy atom. The van der Waals surface area contributed by atoms with Gasteiger partial charge in [0.25, 0.3) is 0 Å². The molecule has 3 unspecified atom stereocenters. The molecule has 18 heavy (non-hydrogen) atoms. The highest BCUT2D eigenvalue weighted by molar-refractivity contribution is 5.97. The smallest absolute Gasteiger partial charge is 0.145 e. The van der Waals surface area contributed by atoms with Gasteiger partial charge in [-0.1, -0.05) is 26.7 Å². The van der Waals surface area contributed by atoms with Crippen molar-refractivity contribution in [3.8, 4) is 0 Å². The highest BCUT2D eigenvalue weighted by Crippen LogP contribution is 2.43. The molecule has 106 valence electrons. The van der Waals surface area contributed by atoms with Crippen LogP contribution in [0.5, 0.6) is 0 Å². The summed E-state index contributed by atoms with van der Waals surface area (Å²) >= 11 is 0. The largest absolute Gasteiger partial charge is 0.427 e. The average Bonchev–Trinajstić information content (AvgIpc) is 3.18. The molecule has 1 saturated heterocycles. The van der Waals surface area contributed by atoms with Crippen LogP contribution in [0.25, 0.3) is 0 Å². The molecular formula is C15H30O2Si. The van der Waals surface area contributed by atoms with Crippen LogP contribution in [0, 0.1) is 11.3 Å². The number of ether oxygens (including phenoxy) is 1. The lowest BCUT2D eigenvalue weighted by Crippen LogP contribution is -2.26. The van der Waals surface area contributed by atoms with Gasteiger partial charge < -0.3 is 9.16 Å². The summed E-state index contributed by atoms with van der Waals surface area (Å²) in [5.74, 6) is 0.868. The lowest BCUT2D eigenvalue weighted by Gasteiger charge is -2.32. The maximum atomic E-state index is 5.75. The van der Waals surface area contributed by atoms with Crippen molar-refractivity contribution in [1.82, 2.24) is 0 Å². The first kappa shape index (κ1) is 14.5. The van der Waals surface area contributed by atoms with Crippen LogP contribution < -0.4 is 0 Å². The predicted octanol–water partition coefficient (Wildman–Crippen LogP) is 2.83. The first-order valence-electron chi connectivity index (χ1n) is 7.89. The number of epoxide rings is 1. The third kappa shape index (κ3) is 3.37. The van der Waals surface area contributed by atoms with Crippen LogP contribution >= 0.6 is 0 Å². The van der Waals surface area contributed by atoms with Crippen molar-refractivity contribution in [1.29, 1.82) is 0 Å². The standard InChI is InChI=1S/C15H30O2Si/c1-3-15(4-2,11-16-18)10-6-8-12-7-5-9-13-14(12)17-13/h12-14H,3-11H2,1-2,18H3. The highest BCUT2D eigenvalue weighted by Gasteiger charge is 2.46. The second kappa shape index (κ2) is 6.53. The summed E-state index contributed by atoms with van der Waals surface area (Å²) in [6, 6.07) is 0.